The van der Waals surface area contributed by atoms with Gasteiger partial charge in [0, 0.05) is 54.5 Å². The van der Waals surface area contributed by atoms with Gasteiger partial charge in [-0.2, -0.15) is 0 Å². The fraction of sp³-hybridized carbons (Fsp3) is 0.462. The molecule has 4 heterocycles. The number of fused-ring (bicyclic) bond motifs is 13. The van der Waals surface area contributed by atoms with E-state index in [9.17, 15) is 25.5 Å². The standard InChI is InChI=1S/C52H62N4O9/c1-30(2)23-51(3,61)27-54-28-56-46-7-5-6-36(25-57)63-45-21-33(9-15-44(45)60)50-52(46,62-29-53-4)24-42-41-20-34(19-31-8-14-43-32(18-31)16-17-55-43)40-22-35(59)10-12-38(40)47(41)49-39(48(42)65-50)13-11-37(26-58)64-49/h8-10,12,14-18,21-22,30,34,36-37,46,50,53-61H,6,11,13,19-20,23-29H2,1-4H3. The van der Waals surface area contributed by atoms with Gasteiger partial charge in [0.15, 0.2) is 17.6 Å². The SMILES string of the molecule is CNCOC12Cc3c4c(c5c(c3OC1c1ccc(O)c(c1)OC(CO)CC#CC2NCNCC(C)(O)CC(C)C)CCC(CO)O5)-c1ccc(O)cc1C(Cc1ccc2[nH]ccc2c1)C4. The number of phenolic OH excluding ortho intramolecular Hbond substituents is 2. The van der Waals surface area contributed by atoms with Crippen molar-refractivity contribution in [3.05, 3.63) is 100 Å². The molecule has 0 fully saturated rings. The number of ether oxygens (including phenoxy) is 4. The molecule has 0 spiro atoms. The lowest BCUT2D eigenvalue weighted by molar-refractivity contribution is -0.141. The van der Waals surface area contributed by atoms with Crippen molar-refractivity contribution in [1.82, 2.24) is 20.9 Å². The van der Waals surface area contributed by atoms with Crippen LogP contribution in [-0.4, -0.2) is 100 Å². The Morgan fingerprint density at radius 1 is 0.954 bits per heavy atom. The highest BCUT2D eigenvalue weighted by Gasteiger charge is 2.54. The van der Waals surface area contributed by atoms with Crippen molar-refractivity contribution in [2.75, 3.05) is 40.2 Å². The minimum absolute atomic E-state index is 0.0383. The van der Waals surface area contributed by atoms with E-state index >= 15 is 0 Å². The second-order valence-electron chi connectivity index (χ2n) is 19.0. The molecule has 9 rings (SSSR count). The number of hydrogen-bond donors (Lipinski definition) is 9. The molecule has 0 radical (unpaired) electrons. The number of benzene rings is 4. The second kappa shape index (κ2) is 18.5. The van der Waals surface area contributed by atoms with E-state index in [-0.39, 0.29) is 56.2 Å². The Bertz CT molecular complexity index is 2600. The van der Waals surface area contributed by atoms with Gasteiger partial charge in [-0.3, -0.25) is 10.6 Å². The zero-order chi connectivity index (χ0) is 45.5. The number of aromatic amines is 1. The lowest BCUT2D eigenvalue weighted by Gasteiger charge is -2.49. The topological polar surface area (TPSA) is 190 Å². The highest BCUT2D eigenvalue weighted by atomic mass is 16.6. The van der Waals surface area contributed by atoms with Gasteiger partial charge < -0.3 is 54.8 Å². The van der Waals surface area contributed by atoms with Gasteiger partial charge in [0.1, 0.15) is 41.1 Å². The van der Waals surface area contributed by atoms with Gasteiger partial charge in [-0.05, 0) is 134 Å². The molecule has 0 saturated heterocycles. The molecule has 9 N–H and O–H groups in total. The van der Waals surface area contributed by atoms with Crippen molar-refractivity contribution >= 4 is 10.9 Å². The van der Waals surface area contributed by atoms with Gasteiger partial charge >= 0.3 is 0 Å². The van der Waals surface area contributed by atoms with Gasteiger partial charge in [0.2, 0.25) is 0 Å². The van der Waals surface area contributed by atoms with Crippen LogP contribution in [-0.2, 0) is 30.4 Å². The molecule has 7 unspecified atom stereocenters. The lowest BCUT2D eigenvalue weighted by atomic mass is 9.69. The summed E-state index contributed by atoms with van der Waals surface area (Å²) in [7, 11) is 1.83. The monoisotopic (exact) mass is 886 g/mol. The molecular formula is C52H62N4O9. The first-order valence-electron chi connectivity index (χ1n) is 23.0. The molecule has 0 saturated carbocycles. The van der Waals surface area contributed by atoms with Crippen LogP contribution in [0.1, 0.15) is 85.4 Å². The van der Waals surface area contributed by atoms with Crippen LogP contribution in [0.5, 0.6) is 28.7 Å². The largest absolute Gasteiger partial charge is 0.508 e. The molecule has 0 amide bonds. The van der Waals surface area contributed by atoms with E-state index in [1.807, 2.05) is 38.4 Å². The summed E-state index contributed by atoms with van der Waals surface area (Å²) < 4.78 is 27.7. The summed E-state index contributed by atoms with van der Waals surface area (Å²) in [6, 6.07) is 18.6. The highest BCUT2D eigenvalue weighted by molar-refractivity contribution is 5.85. The summed E-state index contributed by atoms with van der Waals surface area (Å²) in [5.74, 6) is 8.78. The highest BCUT2D eigenvalue weighted by Crippen LogP contribution is 2.58. The van der Waals surface area contributed by atoms with E-state index in [4.69, 9.17) is 18.9 Å². The second-order valence-corrected chi connectivity index (χ2v) is 19.0. The van der Waals surface area contributed by atoms with Crippen LogP contribution >= 0.6 is 0 Å². The summed E-state index contributed by atoms with van der Waals surface area (Å²) >= 11 is 0. The van der Waals surface area contributed by atoms with Crippen molar-refractivity contribution in [2.45, 2.75) is 107 Å². The number of hydrogen-bond acceptors (Lipinski definition) is 12. The average Bonchev–Trinajstić information content (AvgIpc) is 3.76. The van der Waals surface area contributed by atoms with E-state index in [1.165, 1.54) is 5.56 Å². The van der Waals surface area contributed by atoms with Gasteiger partial charge in [0.05, 0.1) is 25.5 Å². The molecule has 3 aliphatic heterocycles. The third-order valence-corrected chi connectivity index (χ3v) is 13.5. The van der Waals surface area contributed by atoms with Crippen LogP contribution in [0.4, 0.5) is 0 Å². The smallest absolute Gasteiger partial charge is 0.161 e. The molecule has 7 atom stereocenters. The predicted octanol–water partition coefficient (Wildman–Crippen LogP) is 5.87. The lowest BCUT2D eigenvalue weighted by Crippen LogP contribution is -2.62. The third-order valence-electron chi connectivity index (χ3n) is 13.5. The summed E-state index contributed by atoms with van der Waals surface area (Å²) in [5.41, 5.74) is 6.59. The quantitative estimate of drug-likeness (QED) is 0.0367. The summed E-state index contributed by atoms with van der Waals surface area (Å²) in [6.07, 6.45) is 3.62. The molecule has 13 heteroatoms. The van der Waals surface area contributed by atoms with Crippen molar-refractivity contribution < 1.29 is 44.5 Å². The predicted molar refractivity (Wildman–Crippen MR) is 249 cm³/mol. The fourth-order valence-electron chi connectivity index (χ4n) is 10.7. The van der Waals surface area contributed by atoms with Gasteiger partial charge in [-0.1, -0.05) is 43.9 Å². The van der Waals surface area contributed by atoms with Crippen molar-refractivity contribution in [3.63, 3.8) is 0 Å². The third kappa shape index (κ3) is 8.89. The van der Waals surface area contributed by atoms with Crippen LogP contribution in [0.2, 0.25) is 0 Å². The number of aromatic nitrogens is 1. The number of phenols is 2. The molecule has 4 aliphatic rings. The molecular weight excluding hydrogens is 825 g/mol. The molecule has 13 nitrogen and oxygen atoms in total. The van der Waals surface area contributed by atoms with Gasteiger partial charge in [-0.15, -0.1) is 0 Å². The molecule has 2 bridgehead atoms. The Morgan fingerprint density at radius 2 is 1.80 bits per heavy atom. The average molecular weight is 887 g/mol. The van der Waals surface area contributed by atoms with E-state index in [0.29, 0.717) is 68.1 Å². The van der Waals surface area contributed by atoms with E-state index in [1.54, 1.807) is 18.2 Å². The number of nitrogens with one attached hydrogen (secondary N) is 4. The summed E-state index contributed by atoms with van der Waals surface area (Å²) in [6.45, 7) is 6.33. The van der Waals surface area contributed by atoms with Crippen LogP contribution < -0.4 is 30.2 Å². The van der Waals surface area contributed by atoms with E-state index in [0.717, 1.165) is 44.3 Å². The molecule has 344 valence electrons. The van der Waals surface area contributed by atoms with Crippen molar-refractivity contribution in [2.24, 2.45) is 5.92 Å². The first-order valence-corrected chi connectivity index (χ1v) is 23.0. The van der Waals surface area contributed by atoms with Gasteiger partial charge in [0.25, 0.3) is 0 Å². The van der Waals surface area contributed by atoms with E-state index < -0.39 is 35.6 Å². The zero-order valence-corrected chi connectivity index (χ0v) is 37.7. The maximum Gasteiger partial charge on any atom is 0.161 e. The molecule has 1 aliphatic carbocycles. The molecule has 1 aromatic heterocycles. The first kappa shape index (κ1) is 44.9. The summed E-state index contributed by atoms with van der Waals surface area (Å²) in [5, 5.41) is 65.7. The first-order chi connectivity index (χ1) is 31.4. The Balaban J connectivity index is 1.23. The van der Waals surface area contributed by atoms with E-state index in [2.05, 4.69) is 70.9 Å². The maximum absolute atomic E-state index is 11.2. The molecule has 5 aromatic rings. The van der Waals surface area contributed by atoms with Gasteiger partial charge in [-0.25, -0.2) is 0 Å². The maximum atomic E-state index is 11.2. The Labute approximate surface area is 380 Å². The van der Waals surface area contributed by atoms with Crippen LogP contribution in [0.25, 0.3) is 22.0 Å². The number of H-pyrrole nitrogens is 1. The van der Waals surface area contributed by atoms with Crippen LogP contribution in [0.3, 0.4) is 0 Å². The Kier molecular flexibility index (Phi) is 12.8. The fourth-order valence-corrected chi connectivity index (χ4v) is 10.7. The number of aromatic hydroxyl groups is 2. The molecule has 4 aromatic carbocycles. The molecule has 65 heavy (non-hydrogen) atoms. The van der Waals surface area contributed by atoms with Crippen molar-refractivity contribution in [3.8, 4) is 51.7 Å². The minimum atomic E-state index is -1.23. The zero-order valence-electron chi connectivity index (χ0n) is 37.7. The number of rotatable bonds is 14. The number of aliphatic hydroxyl groups excluding tert-OH is 2. The Morgan fingerprint density at radius 3 is 2.60 bits per heavy atom. The van der Waals surface area contributed by atoms with Crippen LogP contribution in [0, 0.1) is 17.8 Å². The number of aliphatic hydroxyl groups is 3. The van der Waals surface area contributed by atoms with Crippen molar-refractivity contribution in [1.29, 1.82) is 0 Å². The normalized spacial score (nSPS) is 24.0. The summed E-state index contributed by atoms with van der Waals surface area (Å²) in [4.78, 5) is 3.31. The minimum Gasteiger partial charge on any atom is -0.508 e. The Hall–Kier alpha value is -5.30. The van der Waals surface area contributed by atoms with Crippen LogP contribution in [0.15, 0.2) is 66.9 Å².